The average Bonchev–Trinajstić information content (AvgIpc) is 3.57. The zero-order valence-corrected chi connectivity index (χ0v) is 24.8. The Morgan fingerprint density at radius 1 is 1.05 bits per heavy atom. The maximum absolute atomic E-state index is 12.0. The number of nitrogens with zero attached hydrogens (tertiary/aromatic N) is 4. The quantitative estimate of drug-likeness (QED) is 0.204. The molecule has 220 valence electrons. The van der Waals surface area contributed by atoms with Crippen molar-refractivity contribution < 1.29 is 29.2 Å². The molecule has 9 atom stereocenters. The smallest absolute Gasteiger partial charge is 0.327 e. The van der Waals surface area contributed by atoms with Crippen molar-refractivity contribution in [2.45, 2.75) is 123 Å². The molecule has 0 spiro atoms. The second-order valence-corrected chi connectivity index (χ2v) is 11.8. The molecule has 13 heteroatoms. The first-order valence-corrected chi connectivity index (χ1v) is 14.0. The van der Waals surface area contributed by atoms with Gasteiger partial charge >= 0.3 is 6.03 Å². The van der Waals surface area contributed by atoms with Gasteiger partial charge in [0.25, 0.3) is 0 Å². The molecular formula is C27H45B2N5O6. The zero-order valence-electron chi connectivity index (χ0n) is 24.8. The van der Waals surface area contributed by atoms with Crippen LogP contribution in [0, 0.1) is 17.8 Å². The third kappa shape index (κ3) is 8.99. The van der Waals surface area contributed by atoms with Crippen LogP contribution < -0.4 is 5.32 Å². The van der Waals surface area contributed by atoms with E-state index in [9.17, 15) is 15.0 Å². The number of carbonyl (C=O) groups excluding carboxylic acids is 1. The lowest BCUT2D eigenvalue weighted by Crippen LogP contribution is -2.45. The van der Waals surface area contributed by atoms with Gasteiger partial charge in [0, 0.05) is 35.2 Å². The van der Waals surface area contributed by atoms with Gasteiger partial charge in [-0.15, -0.1) is 0 Å². The van der Waals surface area contributed by atoms with E-state index in [1.165, 1.54) is 4.90 Å². The molecule has 0 saturated carbocycles. The molecule has 4 radical (unpaired) electrons. The summed E-state index contributed by atoms with van der Waals surface area (Å²) in [6, 6.07) is -1.25. The van der Waals surface area contributed by atoms with E-state index >= 15 is 0 Å². The topological polar surface area (TPSA) is 149 Å². The Bertz CT molecular complexity index is 944. The Morgan fingerprint density at radius 2 is 1.68 bits per heavy atom. The van der Waals surface area contributed by atoms with E-state index in [1.54, 1.807) is 6.20 Å². The van der Waals surface area contributed by atoms with Crippen molar-refractivity contribution in [2.24, 2.45) is 22.9 Å². The number of ether oxygens (including phenoxy) is 3. The second-order valence-electron chi connectivity index (χ2n) is 11.8. The molecule has 4 aliphatic heterocycles. The average molecular weight is 557 g/mol. The van der Waals surface area contributed by atoms with E-state index in [-0.39, 0.29) is 42.1 Å². The van der Waals surface area contributed by atoms with Gasteiger partial charge in [0.05, 0.1) is 30.5 Å². The summed E-state index contributed by atoms with van der Waals surface area (Å²) in [5.74, 6) is 1.01. The molecule has 4 heterocycles. The van der Waals surface area contributed by atoms with Crippen LogP contribution in [0.15, 0.2) is 29.2 Å². The number of nitrogens with one attached hydrogen (secondary N) is 1. The molecule has 0 aromatic heterocycles. The fourth-order valence-corrected chi connectivity index (χ4v) is 4.94. The lowest BCUT2D eigenvalue weighted by atomic mass is 9.91. The van der Waals surface area contributed by atoms with Gasteiger partial charge in [0.1, 0.15) is 28.0 Å². The molecule has 2 amide bonds. The number of urea groups is 1. The fraction of sp³-hybridized carbons (Fsp3) is 0.815. The van der Waals surface area contributed by atoms with Gasteiger partial charge in [-0.25, -0.2) is 4.79 Å². The van der Waals surface area contributed by atoms with E-state index in [0.29, 0.717) is 24.1 Å². The molecule has 3 N–H and O–H groups in total. The number of carbonyl (C=O) groups is 1. The highest BCUT2D eigenvalue weighted by Crippen LogP contribution is 2.32. The van der Waals surface area contributed by atoms with E-state index < -0.39 is 24.4 Å². The number of hydrogen-bond donors (Lipinski definition) is 3. The standard InChI is InChI=1S/C13H19N5O2.C7H13BO3.C7H13BO/c1-7(2)12-10(16-17-14)5-11(20-12)18-6-8(3)9(4)15-13(18)19;1-3(2)6-4(9)5(10)7(8)11-6;1-5(2)6-3-4-7(8)9-6/h6-7,10-12H,4-5H2,1-3H3,(H,15,19);3-7,9-10H,1-2H3;5-7H,3-4H2,1-2H3. The minimum Gasteiger partial charge on any atom is -0.388 e. The molecule has 0 aromatic rings. The Balaban J connectivity index is 0.000000235. The molecule has 4 aliphatic rings. The number of hydrogen-bond acceptors (Lipinski definition) is 7. The van der Waals surface area contributed by atoms with Gasteiger partial charge in [-0.05, 0) is 48.6 Å². The predicted octanol–water partition coefficient (Wildman–Crippen LogP) is 3.45. The van der Waals surface area contributed by atoms with Crippen molar-refractivity contribution >= 4 is 21.7 Å². The normalized spacial score (nSPS) is 35.5. The van der Waals surface area contributed by atoms with Crippen LogP contribution in [0.5, 0.6) is 0 Å². The number of aliphatic hydroxyl groups is 2. The predicted molar refractivity (Wildman–Crippen MR) is 154 cm³/mol. The van der Waals surface area contributed by atoms with Crippen LogP contribution in [0.25, 0.3) is 10.4 Å². The molecular weight excluding hydrogens is 512 g/mol. The third-order valence-electron chi connectivity index (χ3n) is 7.43. The Hall–Kier alpha value is -2.01. The summed E-state index contributed by atoms with van der Waals surface area (Å²) in [7, 11) is 10.9. The van der Waals surface area contributed by atoms with Gasteiger partial charge in [-0.3, -0.25) is 4.90 Å². The van der Waals surface area contributed by atoms with Gasteiger partial charge < -0.3 is 29.7 Å². The van der Waals surface area contributed by atoms with Crippen molar-refractivity contribution in [1.82, 2.24) is 10.2 Å². The lowest BCUT2D eigenvalue weighted by Gasteiger charge is -2.31. The van der Waals surface area contributed by atoms with Crippen molar-refractivity contribution in [1.29, 1.82) is 0 Å². The van der Waals surface area contributed by atoms with Crippen LogP contribution >= 0.6 is 0 Å². The molecule has 11 nitrogen and oxygen atoms in total. The van der Waals surface area contributed by atoms with Crippen LogP contribution in [-0.2, 0) is 14.2 Å². The summed E-state index contributed by atoms with van der Waals surface area (Å²) in [6.07, 6.45) is 2.09. The Labute approximate surface area is 241 Å². The van der Waals surface area contributed by atoms with Gasteiger partial charge in [-0.2, -0.15) is 0 Å². The van der Waals surface area contributed by atoms with Crippen molar-refractivity contribution in [3.05, 3.63) is 34.5 Å². The molecule has 3 fully saturated rings. The highest BCUT2D eigenvalue weighted by Gasteiger charge is 2.42. The third-order valence-corrected chi connectivity index (χ3v) is 7.43. The van der Waals surface area contributed by atoms with Crippen molar-refractivity contribution in [3.63, 3.8) is 0 Å². The molecule has 3 saturated heterocycles. The minimum absolute atomic E-state index is 0.0115. The van der Waals surface area contributed by atoms with Crippen LogP contribution in [0.2, 0.25) is 0 Å². The highest BCUT2D eigenvalue weighted by atomic mass is 16.5. The first kappa shape index (κ1) is 34.2. The van der Waals surface area contributed by atoms with E-state index in [2.05, 4.69) is 35.8 Å². The number of allylic oxidation sites excluding steroid dienone is 1. The molecule has 9 unspecified atom stereocenters. The summed E-state index contributed by atoms with van der Waals surface area (Å²) < 4.78 is 16.4. The summed E-state index contributed by atoms with van der Waals surface area (Å²) >= 11 is 0. The molecule has 4 rings (SSSR count). The van der Waals surface area contributed by atoms with Gasteiger partial charge in [0.15, 0.2) is 0 Å². The van der Waals surface area contributed by atoms with E-state index in [1.807, 2.05) is 34.6 Å². The Kier molecular flexibility index (Phi) is 13.1. The van der Waals surface area contributed by atoms with Crippen LogP contribution in [-0.4, -0.2) is 91.6 Å². The minimum atomic E-state index is -0.942. The van der Waals surface area contributed by atoms with E-state index in [0.717, 1.165) is 18.4 Å². The molecule has 0 aliphatic carbocycles. The maximum atomic E-state index is 12.0. The zero-order chi connectivity index (χ0) is 30.3. The first-order valence-electron chi connectivity index (χ1n) is 14.0. The summed E-state index contributed by atoms with van der Waals surface area (Å²) in [5, 5.41) is 25.0. The number of aliphatic hydroxyl groups excluding tert-OH is 2. The Morgan fingerprint density at radius 3 is 2.08 bits per heavy atom. The van der Waals surface area contributed by atoms with Gasteiger partial charge in [-0.1, -0.05) is 53.2 Å². The van der Waals surface area contributed by atoms with Crippen molar-refractivity contribution in [3.8, 4) is 0 Å². The summed E-state index contributed by atoms with van der Waals surface area (Å²) in [6.45, 7) is 17.8. The SMILES string of the molecule is C=C1NC(=O)N(C2CC(N=[N+]=[N-])C(C(C)C)O2)C=C1C.[B]C1CCC(C(C)C)O1.[B]C1OC(C(C)C)C(O)C1O. The van der Waals surface area contributed by atoms with Gasteiger partial charge in [0.2, 0.25) is 0 Å². The van der Waals surface area contributed by atoms with Crippen LogP contribution in [0.4, 0.5) is 4.79 Å². The van der Waals surface area contributed by atoms with Crippen molar-refractivity contribution in [2.75, 3.05) is 0 Å². The monoisotopic (exact) mass is 557 g/mol. The number of rotatable bonds is 5. The lowest BCUT2D eigenvalue weighted by molar-refractivity contribution is -0.0359. The summed E-state index contributed by atoms with van der Waals surface area (Å²) in [4.78, 5) is 16.4. The second kappa shape index (κ2) is 15.3. The largest absolute Gasteiger partial charge is 0.388 e. The summed E-state index contributed by atoms with van der Waals surface area (Å²) in [5.41, 5.74) is 10.1. The first-order chi connectivity index (χ1) is 18.7. The highest BCUT2D eigenvalue weighted by molar-refractivity contribution is 6.11. The van der Waals surface area contributed by atoms with Crippen LogP contribution in [0.3, 0.4) is 0 Å². The number of amides is 2. The fourth-order valence-electron chi connectivity index (χ4n) is 4.94. The molecule has 0 aromatic carbocycles. The molecule has 40 heavy (non-hydrogen) atoms. The van der Waals surface area contributed by atoms with E-state index in [4.69, 9.17) is 35.4 Å². The number of azide groups is 1. The maximum Gasteiger partial charge on any atom is 0.327 e. The molecule has 0 bridgehead atoms. The van der Waals surface area contributed by atoms with Crippen LogP contribution in [0.1, 0.15) is 67.7 Å².